The molecule has 5 heterocycles. The molecule has 2 saturated heterocycles. The highest BCUT2D eigenvalue weighted by Crippen LogP contribution is 2.57. The average molecular weight is 855 g/mol. The third-order valence-electron chi connectivity index (χ3n) is 10.3. The Morgan fingerprint density at radius 3 is 2.63 bits per heavy atom. The van der Waals surface area contributed by atoms with E-state index in [1.807, 2.05) is 39.9 Å². The molecule has 57 heavy (non-hydrogen) atoms. The predicted octanol–water partition coefficient (Wildman–Crippen LogP) is 4.61. The highest BCUT2D eigenvalue weighted by atomic mass is 31.2. The first-order valence-electron chi connectivity index (χ1n) is 18.4. The molecule has 0 spiro atoms. The summed E-state index contributed by atoms with van der Waals surface area (Å²) < 4.78 is 78.7. The number of phosphoric ester groups is 2. The number of amides is 1. The molecule has 3 N–H and O–H groups in total. The average Bonchev–Trinajstić information content (AvgIpc) is 3.81. The molecule has 3 aliphatic rings. The van der Waals surface area contributed by atoms with E-state index in [-0.39, 0.29) is 60.5 Å². The Morgan fingerprint density at radius 1 is 1.18 bits per heavy atom. The first-order chi connectivity index (χ1) is 26.8. The van der Waals surface area contributed by atoms with E-state index in [0.717, 1.165) is 0 Å². The van der Waals surface area contributed by atoms with Crippen LogP contribution >= 0.6 is 15.6 Å². The number of phosphoric acid groups is 2. The lowest BCUT2D eigenvalue weighted by Gasteiger charge is -2.40. The van der Waals surface area contributed by atoms with Gasteiger partial charge in [0.15, 0.2) is 25.7 Å². The molecule has 2 bridgehead atoms. The van der Waals surface area contributed by atoms with Crippen LogP contribution < -0.4 is 15.6 Å². The van der Waals surface area contributed by atoms with Gasteiger partial charge in [0.05, 0.1) is 44.7 Å². The zero-order valence-electron chi connectivity index (χ0n) is 32.6. The second-order valence-corrected chi connectivity index (χ2v) is 23.6. The van der Waals surface area contributed by atoms with Crippen LogP contribution in [0.3, 0.4) is 0 Å². The second-order valence-electron chi connectivity index (χ2n) is 15.8. The van der Waals surface area contributed by atoms with Crippen LogP contribution in [0.1, 0.15) is 60.1 Å². The maximum absolute atomic E-state index is 14.8. The highest BCUT2D eigenvalue weighted by Gasteiger charge is 2.56. The first-order valence-corrected chi connectivity index (χ1v) is 24.3. The van der Waals surface area contributed by atoms with Gasteiger partial charge >= 0.3 is 15.6 Å². The number of H-pyrrole nitrogens is 1. The van der Waals surface area contributed by atoms with Crippen molar-refractivity contribution in [1.82, 2.24) is 29.5 Å². The topological polar surface area (TPSA) is 270 Å². The summed E-state index contributed by atoms with van der Waals surface area (Å²) in [7, 11) is -12.3. The largest absolute Gasteiger partial charge is 0.475 e. The SMILES string of the molecule is CC(C)C(=O)Nc1nc2c(ncn2[C@@H]2O[C@H]3COP(=O)(O)O[C@H]4C[C@H](Oc5ccncn5)C[C@@H]4COP(=O)(OCCC#N)O[C@@H]2C3O[Si](C)(C)C(C)(C)C)c(=O)[nH]1. The Morgan fingerprint density at radius 2 is 1.95 bits per heavy atom. The number of carbonyl (C=O) groups excluding carboxylic acids is 1. The van der Waals surface area contributed by atoms with Crippen molar-refractivity contribution in [2.75, 3.05) is 25.1 Å². The van der Waals surface area contributed by atoms with E-state index in [2.05, 4.69) is 30.2 Å². The lowest BCUT2D eigenvalue weighted by molar-refractivity contribution is -0.118. The fourth-order valence-electron chi connectivity index (χ4n) is 6.23. The number of anilines is 1. The number of aromatic amines is 1. The number of nitrogens with zero attached hydrogens (tertiary/aromatic N) is 6. The molecule has 0 radical (unpaired) electrons. The molecule has 9 atom stereocenters. The molecule has 3 aromatic heterocycles. The number of rotatable bonds is 10. The van der Waals surface area contributed by atoms with Crippen LogP contribution in [0.5, 0.6) is 5.88 Å². The van der Waals surface area contributed by atoms with Crippen molar-refractivity contribution in [3.8, 4) is 11.9 Å². The normalized spacial score (nSPS) is 31.2. The highest BCUT2D eigenvalue weighted by molar-refractivity contribution is 7.48. The molecule has 312 valence electrons. The minimum absolute atomic E-state index is 0.0500. The zero-order chi connectivity index (χ0) is 41.3. The third kappa shape index (κ3) is 10.1. The van der Waals surface area contributed by atoms with E-state index < -0.39 is 90.6 Å². The molecule has 1 aliphatic carbocycles. The van der Waals surface area contributed by atoms with Gasteiger partial charge in [-0.2, -0.15) is 10.2 Å². The van der Waals surface area contributed by atoms with Crippen molar-refractivity contribution in [3.63, 3.8) is 0 Å². The number of carbonyl (C=O) groups is 1. The van der Waals surface area contributed by atoms with Gasteiger partial charge in [-0.3, -0.25) is 47.1 Å². The summed E-state index contributed by atoms with van der Waals surface area (Å²) in [6.45, 7) is 12.0. The lowest BCUT2D eigenvalue weighted by Crippen LogP contribution is -2.50. The van der Waals surface area contributed by atoms with E-state index in [1.54, 1.807) is 19.9 Å². The summed E-state index contributed by atoms with van der Waals surface area (Å²) in [5.41, 5.74) is -0.851. The van der Waals surface area contributed by atoms with Crippen LogP contribution in [0.4, 0.5) is 5.95 Å². The number of fused-ring (bicyclic) bond motifs is 4. The van der Waals surface area contributed by atoms with Crippen molar-refractivity contribution in [3.05, 3.63) is 35.3 Å². The van der Waals surface area contributed by atoms with Gasteiger partial charge in [-0.1, -0.05) is 34.6 Å². The number of hydrogen-bond acceptors (Lipinski definition) is 17. The zero-order valence-corrected chi connectivity index (χ0v) is 35.4. The van der Waals surface area contributed by atoms with Crippen LogP contribution in [-0.2, 0) is 45.7 Å². The van der Waals surface area contributed by atoms with Crippen molar-refractivity contribution in [2.24, 2.45) is 11.8 Å². The monoisotopic (exact) mass is 854 g/mol. The Kier molecular flexibility index (Phi) is 12.9. The van der Waals surface area contributed by atoms with E-state index in [4.69, 9.17) is 36.5 Å². The number of aromatic nitrogens is 6. The molecule has 3 aromatic rings. The maximum atomic E-state index is 14.8. The van der Waals surface area contributed by atoms with Crippen molar-refractivity contribution >= 4 is 47.0 Å². The van der Waals surface area contributed by atoms with Crippen molar-refractivity contribution in [2.45, 2.75) is 109 Å². The predicted molar refractivity (Wildman–Crippen MR) is 202 cm³/mol. The fraction of sp³-hybridized carbons (Fsp3) is 0.667. The van der Waals surface area contributed by atoms with Gasteiger partial charge in [-0.05, 0) is 24.6 Å². The van der Waals surface area contributed by atoms with Crippen LogP contribution in [0.2, 0.25) is 18.1 Å². The van der Waals surface area contributed by atoms with Gasteiger partial charge in [0, 0.05) is 30.5 Å². The van der Waals surface area contributed by atoms with Crippen LogP contribution in [0.25, 0.3) is 11.2 Å². The molecule has 0 aromatic carbocycles. The van der Waals surface area contributed by atoms with Gasteiger partial charge < -0.3 is 18.8 Å². The van der Waals surface area contributed by atoms with Gasteiger partial charge in [-0.15, -0.1) is 0 Å². The first kappa shape index (κ1) is 43.1. The summed E-state index contributed by atoms with van der Waals surface area (Å²) >= 11 is 0. The van der Waals surface area contributed by atoms with Crippen LogP contribution in [-0.4, -0.2) is 98.9 Å². The number of hydrogen-bond donors (Lipinski definition) is 3. The van der Waals surface area contributed by atoms with Crippen LogP contribution in [0, 0.1) is 23.2 Å². The fourth-order valence-corrected chi connectivity index (χ4v) is 9.96. The minimum Gasteiger partial charge on any atom is -0.474 e. The number of imidazole rings is 1. The molecule has 1 saturated carbocycles. The lowest BCUT2D eigenvalue weighted by atomic mass is 10.1. The number of ether oxygens (including phenoxy) is 2. The minimum atomic E-state index is -4.84. The molecule has 24 heteroatoms. The quantitative estimate of drug-likeness (QED) is 0.143. The molecular weight excluding hydrogens is 806 g/mol. The second kappa shape index (κ2) is 17.0. The van der Waals surface area contributed by atoms with Gasteiger partial charge in [0.25, 0.3) is 5.56 Å². The molecular formula is C33H48N8O13P2Si. The molecule has 6 rings (SSSR count). The standard InChI is InChI=1S/C33H48N8O13P2Si/c1-19(2)29(42)39-32-38-28-25(30(43)40-32)37-18-41(28)31-27-26(54-57(6,7)33(3,4)5)23(51-31)16-48-55(44,45)52-22-14-21(50-24-9-11-35-17-36-24)13-20(22)15-49-56(46,53-27)47-12-8-10-34/h9,11,17-23,26-27,31H,8,12-16H2,1-7H3,(H,44,45)(H2,38,39,40,42,43)/t20-,21-,22+,23+,26?,27-,31-,56?/m1/s1. The molecule has 3 fully saturated rings. The Hall–Kier alpha value is -3.45. The van der Waals surface area contributed by atoms with Gasteiger partial charge in [0.1, 0.15) is 30.7 Å². The summed E-state index contributed by atoms with van der Waals surface area (Å²) in [5.74, 6) is -1.43. The van der Waals surface area contributed by atoms with Gasteiger partial charge in [0.2, 0.25) is 17.7 Å². The summed E-state index contributed by atoms with van der Waals surface area (Å²) in [6.07, 6.45) is -2.41. The van der Waals surface area contributed by atoms with Crippen molar-refractivity contribution < 1.29 is 55.3 Å². The Balaban J connectivity index is 1.42. The molecule has 3 unspecified atom stereocenters. The smallest absolute Gasteiger partial charge is 0.474 e. The third-order valence-corrected chi connectivity index (χ3v) is 17.2. The molecule has 2 aliphatic heterocycles. The van der Waals surface area contributed by atoms with Gasteiger partial charge in [-0.25, -0.2) is 24.1 Å². The molecule has 1 amide bonds. The summed E-state index contributed by atoms with van der Waals surface area (Å²) in [6, 6.07) is 3.50. The van der Waals surface area contributed by atoms with E-state index >= 15 is 0 Å². The Labute approximate surface area is 329 Å². The summed E-state index contributed by atoms with van der Waals surface area (Å²) in [5, 5.41) is 11.5. The summed E-state index contributed by atoms with van der Waals surface area (Å²) in [4.78, 5) is 56.0. The number of nitrogens with one attached hydrogen (secondary N) is 2. The van der Waals surface area contributed by atoms with E-state index in [0.29, 0.717) is 0 Å². The maximum Gasteiger partial charge on any atom is 0.475 e. The molecule has 21 nitrogen and oxygen atoms in total. The van der Waals surface area contributed by atoms with E-state index in [1.165, 1.54) is 23.4 Å². The van der Waals surface area contributed by atoms with E-state index in [9.17, 15) is 28.9 Å². The van der Waals surface area contributed by atoms with Crippen LogP contribution in [0.15, 0.2) is 29.7 Å². The van der Waals surface area contributed by atoms with Crippen molar-refractivity contribution in [1.29, 1.82) is 5.26 Å². The Bertz CT molecular complexity index is 2110. The number of nitriles is 1.